The van der Waals surface area contributed by atoms with Crippen LogP contribution in [0.15, 0.2) is 22.4 Å². The van der Waals surface area contributed by atoms with Gasteiger partial charge in [0.05, 0.1) is 5.56 Å². The van der Waals surface area contributed by atoms with Crippen molar-refractivity contribution >= 4 is 40.0 Å². The van der Waals surface area contributed by atoms with Crippen molar-refractivity contribution in [3.63, 3.8) is 0 Å². The van der Waals surface area contributed by atoms with Crippen LogP contribution in [0.5, 0.6) is 0 Å². The first-order chi connectivity index (χ1) is 6.61. The van der Waals surface area contributed by atoms with Crippen LogP contribution in [0.25, 0.3) is 10.1 Å². The number of carboxylic acids is 1. The summed E-state index contributed by atoms with van der Waals surface area (Å²) >= 11 is 5.77. The zero-order chi connectivity index (χ0) is 10.3. The Kier molecular flexibility index (Phi) is 2.25. The van der Waals surface area contributed by atoms with E-state index in [4.69, 9.17) is 5.11 Å². The summed E-state index contributed by atoms with van der Waals surface area (Å²) in [5, 5.41) is 11.7. The Balaban J connectivity index is 2.93. The van der Waals surface area contributed by atoms with Crippen LogP contribution in [-0.2, 0) is 0 Å². The van der Waals surface area contributed by atoms with Crippen LogP contribution in [-0.4, -0.2) is 11.1 Å². The molecule has 4 heteroatoms. The number of hydrogen-bond acceptors (Lipinski definition) is 3. The van der Waals surface area contributed by atoms with Gasteiger partial charge in [0.15, 0.2) is 0 Å². The van der Waals surface area contributed by atoms with Crippen LogP contribution in [0.3, 0.4) is 0 Å². The lowest BCUT2D eigenvalue weighted by atomic mass is 10.1. The van der Waals surface area contributed by atoms with E-state index in [1.807, 2.05) is 24.4 Å². The molecular weight excluding hydrogens is 216 g/mol. The molecule has 1 aromatic heterocycles. The molecule has 1 heterocycles. The highest BCUT2D eigenvalue weighted by molar-refractivity contribution is 7.80. The van der Waals surface area contributed by atoms with Gasteiger partial charge in [0.1, 0.15) is 0 Å². The fourth-order valence-corrected chi connectivity index (χ4v) is 2.62. The minimum Gasteiger partial charge on any atom is -0.478 e. The van der Waals surface area contributed by atoms with E-state index in [2.05, 4.69) is 12.6 Å². The highest BCUT2D eigenvalue weighted by Crippen LogP contribution is 2.31. The van der Waals surface area contributed by atoms with E-state index < -0.39 is 5.97 Å². The van der Waals surface area contributed by atoms with Crippen molar-refractivity contribution in [3.8, 4) is 0 Å². The maximum Gasteiger partial charge on any atom is 0.337 e. The molecule has 0 aliphatic heterocycles. The third-order valence-corrected chi connectivity index (χ3v) is 3.58. The maximum absolute atomic E-state index is 11.0. The predicted octanol–water partition coefficient (Wildman–Crippen LogP) is 3.20. The van der Waals surface area contributed by atoms with E-state index in [0.717, 1.165) is 15.6 Å². The Morgan fingerprint density at radius 3 is 2.93 bits per heavy atom. The molecule has 14 heavy (non-hydrogen) atoms. The number of hydrogen-bond donors (Lipinski definition) is 2. The highest BCUT2D eigenvalue weighted by Gasteiger charge is 2.15. The number of rotatable bonds is 1. The molecule has 1 N–H and O–H groups in total. The molecule has 0 atom stereocenters. The first kappa shape index (κ1) is 9.55. The third kappa shape index (κ3) is 1.31. The lowest BCUT2D eigenvalue weighted by Gasteiger charge is -2.05. The number of aromatic carboxylic acids is 1. The number of carboxylic acid groups (broad SMARTS) is 1. The lowest BCUT2D eigenvalue weighted by molar-refractivity contribution is 0.0695. The molecule has 0 aliphatic carbocycles. The third-order valence-electron chi connectivity index (χ3n) is 2.14. The van der Waals surface area contributed by atoms with Gasteiger partial charge in [-0.25, -0.2) is 4.79 Å². The number of benzene rings is 1. The molecule has 1 aromatic carbocycles. The number of aryl methyl sites for hydroxylation is 1. The smallest absolute Gasteiger partial charge is 0.337 e. The van der Waals surface area contributed by atoms with Gasteiger partial charge < -0.3 is 5.11 Å². The molecule has 2 nitrogen and oxygen atoms in total. The van der Waals surface area contributed by atoms with Crippen molar-refractivity contribution in [2.24, 2.45) is 0 Å². The molecule has 0 radical (unpaired) electrons. The molecule has 0 aliphatic rings. The number of carbonyl (C=O) groups is 1. The van der Waals surface area contributed by atoms with Gasteiger partial charge in [0.2, 0.25) is 0 Å². The Labute approximate surface area is 90.6 Å². The molecule has 2 rings (SSSR count). The molecule has 0 amide bonds. The molecule has 2 aromatic rings. The first-order valence-corrected chi connectivity index (χ1v) is 5.37. The van der Waals surface area contributed by atoms with Gasteiger partial charge in [-0.05, 0) is 30.0 Å². The van der Waals surface area contributed by atoms with Crippen molar-refractivity contribution in [2.75, 3.05) is 0 Å². The highest BCUT2D eigenvalue weighted by atomic mass is 32.1. The largest absolute Gasteiger partial charge is 0.478 e. The van der Waals surface area contributed by atoms with Crippen LogP contribution >= 0.6 is 24.0 Å². The Morgan fingerprint density at radius 2 is 2.29 bits per heavy atom. The van der Waals surface area contributed by atoms with E-state index in [1.165, 1.54) is 0 Å². The Morgan fingerprint density at radius 1 is 1.57 bits per heavy atom. The summed E-state index contributed by atoms with van der Waals surface area (Å²) in [4.78, 5) is 11.6. The van der Waals surface area contributed by atoms with Crippen molar-refractivity contribution in [3.05, 3.63) is 28.6 Å². The lowest BCUT2D eigenvalue weighted by Crippen LogP contribution is -1.99. The van der Waals surface area contributed by atoms with Crippen molar-refractivity contribution in [1.82, 2.24) is 0 Å². The second-order valence-electron chi connectivity index (χ2n) is 3.05. The minimum absolute atomic E-state index is 0.310. The Bertz CT molecular complexity index is 514. The second kappa shape index (κ2) is 3.29. The summed E-state index contributed by atoms with van der Waals surface area (Å²) in [5.41, 5.74) is 1.21. The van der Waals surface area contributed by atoms with Crippen LogP contribution in [0.2, 0.25) is 0 Å². The van der Waals surface area contributed by atoms with Crippen molar-refractivity contribution < 1.29 is 9.90 Å². The predicted molar refractivity (Wildman–Crippen MR) is 60.8 cm³/mol. The second-order valence-corrected chi connectivity index (χ2v) is 4.45. The summed E-state index contributed by atoms with van der Waals surface area (Å²) in [6.45, 7) is 1.87. The molecule has 0 unspecified atom stereocenters. The normalized spacial score (nSPS) is 10.7. The average Bonchev–Trinajstić information content (AvgIpc) is 2.52. The van der Waals surface area contributed by atoms with E-state index in [0.29, 0.717) is 10.5 Å². The number of fused-ring (bicyclic) bond motifs is 1. The molecule has 0 fully saturated rings. The fourth-order valence-electron chi connectivity index (χ4n) is 1.45. The van der Waals surface area contributed by atoms with Crippen molar-refractivity contribution in [2.45, 2.75) is 11.8 Å². The quantitative estimate of drug-likeness (QED) is 0.730. The summed E-state index contributed by atoms with van der Waals surface area (Å²) in [5.74, 6) is -0.915. The summed E-state index contributed by atoms with van der Waals surface area (Å²) < 4.78 is 0.998. The summed E-state index contributed by atoms with van der Waals surface area (Å²) in [6.07, 6.45) is 0. The van der Waals surface area contributed by atoms with Gasteiger partial charge in [0.25, 0.3) is 0 Å². The summed E-state index contributed by atoms with van der Waals surface area (Å²) in [7, 11) is 0. The van der Waals surface area contributed by atoms with Gasteiger partial charge in [-0.3, -0.25) is 0 Å². The molecule has 0 saturated heterocycles. The maximum atomic E-state index is 11.0. The van der Waals surface area contributed by atoms with E-state index in [1.54, 1.807) is 11.3 Å². The topological polar surface area (TPSA) is 37.3 Å². The van der Waals surface area contributed by atoms with E-state index >= 15 is 0 Å². The van der Waals surface area contributed by atoms with Gasteiger partial charge in [0, 0.05) is 15.0 Å². The van der Waals surface area contributed by atoms with Crippen LogP contribution in [0.4, 0.5) is 0 Å². The zero-order valence-corrected chi connectivity index (χ0v) is 9.15. The van der Waals surface area contributed by atoms with E-state index in [-0.39, 0.29) is 0 Å². The van der Waals surface area contributed by atoms with Crippen LogP contribution in [0, 0.1) is 6.92 Å². The molecule has 0 bridgehead atoms. The zero-order valence-electron chi connectivity index (χ0n) is 7.44. The fraction of sp³-hybridized carbons (Fsp3) is 0.100. The number of thiol groups is 1. The standard InChI is InChI=1S/C10H8O2S2/c1-5-4-7-6(2-3-14-7)8(9(5)13)10(11)12/h2-4,13H,1H3,(H,11,12). The molecular formula is C10H8O2S2. The number of thiophene rings is 1. The van der Waals surface area contributed by atoms with Gasteiger partial charge in [-0.2, -0.15) is 0 Å². The molecule has 0 spiro atoms. The van der Waals surface area contributed by atoms with E-state index in [9.17, 15) is 4.79 Å². The minimum atomic E-state index is -0.915. The Hall–Kier alpha value is -1.00. The molecule has 0 saturated carbocycles. The van der Waals surface area contributed by atoms with Gasteiger partial charge >= 0.3 is 5.97 Å². The SMILES string of the molecule is Cc1cc2sccc2c(C(=O)O)c1S. The van der Waals surface area contributed by atoms with Crippen LogP contribution in [0.1, 0.15) is 15.9 Å². The van der Waals surface area contributed by atoms with Gasteiger partial charge in [-0.15, -0.1) is 24.0 Å². The molecule has 72 valence electrons. The monoisotopic (exact) mass is 224 g/mol. The average molecular weight is 224 g/mol. The first-order valence-electron chi connectivity index (χ1n) is 4.04. The van der Waals surface area contributed by atoms with Crippen LogP contribution < -0.4 is 0 Å². The van der Waals surface area contributed by atoms with Gasteiger partial charge in [-0.1, -0.05) is 0 Å². The summed E-state index contributed by atoms with van der Waals surface area (Å²) in [6, 6.07) is 3.79. The van der Waals surface area contributed by atoms with Crippen molar-refractivity contribution in [1.29, 1.82) is 0 Å².